The molecule has 140 valence electrons. The maximum absolute atomic E-state index is 13.0. The number of aromatic nitrogens is 4. The predicted molar refractivity (Wildman–Crippen MR) is 101 cm³/mol. The van der Waals surface area contributed by atoms with Crippen molar-refractivity contribution in [2.75, 3.05) is 43.4 Å². The second-order valence-corrected chi connectivity index (χ2v) is 8.29. The number of carbonyl (C=O) groups excluding carboxylic acids is 1. The molecule has 0 aromatic carbocycles. The van der Waals surface area contributed by atoms with Crippen molar-refractivity contribution in [3.63, 3.8) is 0 Å². The van der Waals surface area contributed by atoms with E-state index in [0.717, 1.165) is 17.3 Å². The van der Waals surface area contributed by atoms with Crippen LogP contribution in [0.1, 0.15) is 10.5 Å². The van der Waals surface area contributed by atoms with Crippen molar-refractivity contribution in [1.82, 2.24) is 24.5 Å². The number of nitrogen functional groups attached to an aromatic ring is 1. The van der Waals surface area contributed by atoms with Gasteiger partial charge in [0.1, 0.15) is 11.3 Å². The Morgan fingerprint density at radius 2 is 2.22 bits per heavy atom. The summed E-state index contributed by atoms with van der Waals surface area (Å²) in [5, 5.41) is 19.3. The summed E-state index contributed by atoms with van der Waals surface area (Å²) in [6.07, 6.45) is 3.63. The lowest BCUT2D eigenvalue weighted by atomic mass is 9.82. The van der Waals surface area contributed by atoms with Gasteiger partial charge in [-0.2, -0.15) is 0 Å². The normalized spacial score (nSPS) is 24.7. The summed E-state index contributed by atoms with van der Waals surface area (Å²) >= 11 is 1.35. The van der Waals surface area contributed by atoms with Crippen molar-refractivity contribution in [1.29, 1.82) is 0 Å². The van der Waals surface area contributed by atoms with Gasteiger partial charge in [-0.05, 0) is 12.1 Å². The zero-order valence-corrected chi connectivity index (χ0v) is 15.3. The highest BCUT2D eigenvalue weighted by Crippen LogP contribution is 2.44. The number of amides is 1. The van der Waals surface area contributed by atoms with Gasteiger partial charge in [0.15, 0.2) is 0 Å². The summed E-state index contributed by atoms with van der Waals surface area (Å²) in [5.41, 5.74) is 6.52. The van der Waals surface area contributed by atoms with E-state index in [0.29, 0.717) is 30.5 Å². The molecule has 5 heterocycles. The summed E-state index contributed by atoms with van der Waals surface area (Å²) in [7, 11) is 0. The van der Waals surface area contributed by atoms with Gasteiger partial charge in [0, 0.05) is 49.9 Å². The highest BCUT2D eigenvalue weighted by atomic mass is 32.1. The van der Waals surface area contributed by atoms with E-state index in [1.807, 2.05) is 33.7 Å². The molecule has 0 unspecified atom stereocenters. The van der Waals surface area contributed by atoms with E-state index in [9.17, 15) is 9.90 Å². The van der Waals surface area contributed by atoms with Crippen LogP contribution in [0.15, 0.2) is 30.6 Å². The van der Waals surface area contributed by atoms with Crippen LogP contribution >= 0.6 is 11.3 Å². The lowest BCUT2D eigenvalue weighted by Gasteiger charge is -2.26. The monoisotopic (exact) mass is 385 g/mol. The van der Waals surface area contributed by atoms with E-state index in [2.05, 4.69) is 20.1 Å². The second kappa shape index (κ2) is 5.89. The maximum Gasteiger partial charge on any atom is 0.274 e. The van der Waals surface area contributed by atoms with Gasteiger partial charge in [0.25, 0.3) is 5.91 Å². The van der Waals surface area contributed by atoms with Gasteiger partial charge >= 0.3 is 0 Å². The first-order valence-electron chi connectivity index (χ1n) is 8.76. The fourth-order valence-electron chi connectivity index (χ4n) is 4.26. The number of aliphatic hydroxyl groups excluding tert-OH is 1. The molecule has 0 radical (unpaired) electrons. The van der Waals surface area contributed by atoms with Gasteiger partial charge in [0.05, 0.1) is 6.61 Å². The van der Waals surface area contributed by atoms with Crippen molar-refractivity contribution >= 4 is 33.2 Å². The van der Waals surface area contributed by atoms with Crippen molar-refractivity contribution in [2.45, 2.75) is 0 Å². The number of imidazole rings is 1. The predicted octanol–water partition coefficient (Wildman–Crippen LogP) is 0.339. The number of likely N-dealkylation sites (tertiary alicyclic amines) is 1. The first-order chi connectivity index (χ1) is 13.1. The van der Waals surface area contributed by atoms with Gasteiger partial charge in [0.2, 0.25) is 10.3 Å². The number of pyridine rings is 1. The van der Waals surface area contributed by atoms with E-state index < -0.39 is 0 Å². The Kier molecular flexibility index (Phi) is 3.59. The molecule has 3 aromatic rings. The van der Waals surface area contributed by atoms with E-state index in [1.54, 1.807) is 6.20 Å². The van der Waals surface area contributed by atoms with Crippen LogP contribution in [0, 0.1) is 11.3 Å². The highest BCUT2D eigenvalue weighted by Gasteiger charge is 2.54. The molecule has 3 aromatic heterocycles. The standard InChI is InChI=1S/C17H19N7O2S/c18-15-20-21-16(27-15)24-6-11-5-23(8-17(11,9-24)10-25)14(26)12-7-22-4-2-1-3-13(22)19-12/h1-4,7,11,25H,5-6,8-10H2,(H2,18,20)/t11-,17+/m1/s1. The van der Waals surface area contributed by atoms with Crippen molar-refractivity contribution in [3.8, 4) is 0 Å². The Hall–Kier alpha value is -2.72. The van der Waals surface area contributed by atoms with Gasteiger partial charge in [-0.3, -0.25) is 4.79 Å². The third-order valence-corrected chi connectivity index (χ3v) is 6.46. The minimum Gasteiger partial charge on any atom is -0.396 e. The summed E-state index contributed by atoms with van der Waals surface area (Å²) in [4.78, 5) is 21.3. The number of hydrogen-bond donors (Lipinski definition) is 2. The van der Waals surface area contributed by atoms with E-state index in [-0.39, 0.29) is 23.8 Å². The Balaban J connectivity index is 1.36. The third-order valence-electron chi connectivity index (χ3n) is 5.64. The van der Waals surface area contributed by atoms with Gasteiger partial charge in [-0.25, -0.2) is 4.98 Å². The largest absolute Gasteiger partial charge is 0.396 e. The number of rotatable bonds is 3. The summed E-state index contributed by atoms with van der Waals surface area (Å²) < 4.78 is 1.84. The fourth-order valence-corrected chi connectivity index (χ4v) is 4.88. The molecule has 1 amide bonds. The quantitative estimate of drug-likeness (QED) is 0.668. The van der Waals surface area contributed by atoms with Crippen molar-refractivity contribution in [2.24, 2.45) is 11.3 Å². The summed E-state index contributed by atoms with van der Waals surface area (Å²) in [5.74, 6) is 0.0845. The molecule has 2 fully saturated rings. The van der Waals surface area contributed by atoms with Crippen LogP contribution in [0.25, 0.3) is 5.65 Å². The SMILES string of the molecule is Nc1nnc(N2C[C@H]3CN(C(=O)c4cn5ccccc5n4)C[C@@]3(CO)C2)s1. The van der Waals surface area contributed by atoms with Crippen LogP contribution < -0.4 is 10.6 Å². The zero-order valence-electron chi connectivity index (χ0n) is 14.5. The molecule has 2 aliphatic rings. The molecule has 5 rings (SSSR count). The number of nitrogens with zero attached hydrogens (tertiary/aromatic N) is 6. The van der Waals surface area contributed by atoms with E-state index >= 15 is 0 Å². The molecule has 9 nitrogen and oxygen atoms in total. The first-order valence-corrected chi connectivity index (χ1v) is 9.57. The molecule has 0 bridgehead atoms. The minimum atomic E-state index is -0.352. The molecule has 0 aliphatic carbocycles. The van der Waals surface area contributed by atoms with Gasteiger partial charge in [-0.1, -0.05) is 17.4 Å². The average Bonchev–Trinajstić information content (AvgIpc) is 3.41. The average molecular weight is 385 g/mol. The number of carbonyl (C=O) groups is 1. The molecule has 3 N–H and O–H groups in total. The highest BCUT2D eigenvalue weighted by molar-refractivity contribution is 7.18. The zero-order chi connectivity index (χ0) is 18.6. The molecule has 0 saturated carbocycles. The molecular weight excluding hydrogens is 366 g/mol. The number of fused-ring (bicyclic) bond motifs is 2. The lowest BCUT2D eigenvalue weighted by molar-refractivity contribution is 0.0743. The van der Waals surface area contributed by atoms with Crippen molar-refractivity contribution < 1.29 is 9.90 Å². The van der Waals surface area contributed by atoms with E-state index in [1.165, 1.54) is 11.3 Å². The van der Waals surface area contributed by atoms with Crippen LogP contribution in [0.2, 0.25) is 0 Å². The summed E-state index contributed by atoms with van der Waals surface area (Å²) in [6.45, 7) is 2.49. The van der Waals surface area contributed by atoms with Gasteiger partial charge in [-0.15, -0.1) is 10.2 Å². The molecule has 10 heteroatoms. The number of anilines is 2. The van der Waals surface area contributed by atoms with Gasteiger partial charge < -0.3 is 25.0 Å². The van der Waals surface area contributed by atoms with Crippen molar-refractivity contribution in [3.05, 3.63) is 36.3 Å². The van der Waals surface area contributed by atoms with Crippen LogP contribution in [0.4, 0.5) is 10.3 Å². The fraction of sp³-hybridized carbons (Fsp3) is 0.412. The molecule has 0 spiro atoms. The maximum atomic E-state index is 13.0. The Morgan fingerprint density at radius 1 is 1.33 bits per heavy atom. The molecule has 2 aliphatic heterocycles. The molecule has 27 heavy (non-hydrogen) atoms. The number of aliphatic hydroxyl groups is 1. The smallest absolute Gasteiger partial charge is 0.274 e. The number of hydrogen-bond acceptors (Lipinski definition) is 8. The van der Waals surface area contributed by atoms with Crippen LogP contribution in [0.3, 0.4) is 0 Å². The molecule has 2 atom stereocenters. The number of nitrogens with two attached hydrogens (primary N) is 1. The van der Waals surface area contributed by atoms with Crippen LogP contribution in [-0.2, 0) is 0 Å². The summed E-state index contributed by atoms with van der Waals surface area (Å²) in [6, 6.07) is 5.67. The minimum absolute atomic E-state index is 0.0252. The Bertz CT molecular complexity index is 985. The molecular formula is C17H19N7O2S. The topological polar surface area (TPSA) is 113 Å². The van der Waals surface area contributed by atoms with E-state index in [4.69, 9.17) is 5.73 Å². The Labute approximate surface area is 159 Å². The first kappa shape index (κ1) is 16.5. The Morgan fingerprint density at radius 3 is 2.93 bits per heavy atom. The van der Waals surface area contributed by atoms with Crippen LogP contribution in [-0.4, -0.2) is 68.3 Å². The second-order valence-electron chi connectivity index (χ2n) is 7.30. The lowest BCUT2D eigenvalue weighted by Crippen LogP contribution is -2.39. The third kappa shape index (κ3) is 2.55. The molecule has 2 saturated heterocycles. The van der Waals surface area contributed by atoms with Crippen LogP contribution in [0.5, 0.6) is 0 Å².